The Hall–Kier alpha value is -0.520. The van der Waals surface area contributed by atoms with Crippen molar-refractivity contribution >= 4 is 18.0 Å². The summed E-state index contributed by atoms with van der Waals surface area (Å²) in [6.45, 7) is -0.318. The molecule has 0 radical (unpaired) electrons. The van der Waals surface area contributed by atoms with Crippen molar-refractivity contribution in [1.82, 2.24) is 0 Å². The lowest BCUT2D eigenvalue weighted by Gasteiger charge is -2.62. The van der Waals surface area contributed by atoms with Gasteiger partial charge in [0.2, 0.25) is 0 Å². The van der Waals surface area contributed by atoms with E-state index in [0.717, 1.165) is 0 Å². The number of rotatable bonds is 6. The van der Waals surface area contributed by atoms with E-state index in [-0.39, 0.29) is 18.9 Å². The van der Waals surface area contributed by atoms with Gasteiger partial charge in [-0.15, -0.1) is 0 Å². The second-order valence-electron chi connectivity index (χ2n) is 7.27. The molecule has 0 aromatic heterocycles. The maximum Gasteiger partial charge on any atom is 0.415 e. The Morgan fingerprint density at radius 3 is 2.35 bits per heavy atom. The quantitative estimate of drug-likeness (QED) is 0.306. The van der Waals surface area contributed by atoms with E-state index in [1.54, 1.807) is 0 Å². The molecule has 4 saturated carbocycles. The Bertz CT molecular complexity index is 485. The van der Waals surface area contributed by atoms with Gasteiger partial charge in [0, 0.05) is 11.8 Å². The molecule has 0 heterocycles. The number of halogens is 2. The minimum absolute atomic E-state index is 0.0898. The fourth-order valence-electron chi connectivity index (χ4n) is 5.09. The van der Waals surface area contributed by atoms with E-state index in [1.807, 2.05) is 0 Å². The monoisotopic (exact) mass is 355 g/mol. The van der Waals surface area contributed by atoms with Gasteiger partial charge in [0.25, 0.3) is 0 Å². The molecule has 132 valence electrons. The fraction of sp³-hybridized carbons (Fsp3) is 0.923. The van der Waals surface area contributed by atoms with E-state index in [2.05, 4.69) is 9.37 Å². The van der Waals surface area contributed by atoms with Crippen molar-refractivity contribution in [2.45, 2.75) is 55.0 Å². The van der Waals surface area contributed by atoms with Crippen LogP contribution in [0, 0.1) is 11.3 Å². The van der Waals surface area contributed by atoms with Crippen molar-refractivity contribution < 1.29 is 43.2 Å². The van der Waals surface area contributed by atoms with Gasteiger partial charge in [-0.25, -0.2) is 4.79 Å². The van der Waals surface area contributed by atoms with Gasteiger partial charge >= 0.3 is 11.2 Å². The molecular weight excluding hydrogens is 338 g/mol. The Kier molecular flexibility index (Phi) is 4.14. The zero-order valence-corrected chi connectivity index (χ0v) is 12.9. The average Bonchev–Trinajstić information content (AvgIpc) is 2.38. The third-order valence-corrected chi connectivity index (χ3v) is 5.54. The second-order valence-corrected chi connectivity index (χ2v) is 8.09. The molecule has 23 heavy (non-hydrogen) atoms. The number of hydrogen-bond donors (Lipinski definition) is 2. The Balaban J connectivity index is 1.65. The number of carbonyl (C=O) groups is 1. The first-order valence-corrected chi connectivity index (χ1v) is 7.98. The van der Waals surface area contributed by atoms with Crippen molar-refractivity contribution in [2.75, 3.05) is 6.61 Å². The average molecular weight is 355 g/mol. The van der Waals surface area contributed by atoms with Crippen LogP contribution in [0.5, 0.6) is 0 Å². The van der Waals surface area contributed by atoms with E-state index < -0.39 is 39.9 Å². The van der Waals surface area contributed by atoms with E-state index >= 15 is 0 Å². The molecular formula is C13H17F2O7S-. The first-order chi connectivity index (χ1) is 10.6. The third-order valence-electron chi connectivity index (χ3n) is 5.04. The number of carbonyl (C=O) groups excluding carboxylic acids is 1. The Morgan fingerprint density at radius 2 is 1.83 bits per heavy atom. The number of hydrogen-bond acceptors (Lipinski definition) is 8. The van der Waals surface area contributed by atoms with Crippen LogP contribution in [0.1, 0.15) is 38.5 Å². The fourth-order valence-corrected chi connectivity index (χ4v) is 5.33. The van der Waals surface area contributed by atoms with Crippen molar-refractivity contribution in [3.05, 3.63) is 0 Å². The van der Waals surface area contributed by atoms with Crippen LogP contribution in [0.25, 0.3) is 0 Å². The van der Waals surface area contributed by atoms with Gasteiger partial charge in [0.05, 0.1) is 17.8 Å². The summed E-state index contributed by atoms with van der Waals surface area (Å²) in [5, 5.41) is 29.4. The Labute approximate surface area is 135 Å². The lowest BCUT2D eigenvalue weighted by atomic mass is 9.46. The molecule has 4 bridgehead atoms. The third kappa shape index (κ3) is 3.33. The summed E-state index contributed by atoms with van der Waals surface area (Å²) in [6.07, 6.45) is 2.66. The minimum Gasteiger partial charge on any atom is -0.691 e. The lowest BCUT2D eigenvalue weighted by Crippen LogP contribution is -2.64. The Morgan fingerprint density at radius 1 is 1.22 bits per heavy atom. The maximum atomic E-state index is 13.4. The van der Waals surface area contributed by atoms with Crippen LogP contribution in [-0.2, 0) is 18.9 Å². The molecule has 2 atom stereocenters. The van der Waals surface area contributed by atoms with Crippen LogP contribution in [0.2, 0.25) is 0 Å². The highest BCUT2D eigenvalue weighted by molar-refractivity contribution is 7.96. The first-order valence-electron chi connectivity index (χ1n) is 7.24. The van der Waals surface area contributed by atoms with Gasteiger partial charge in [-0.1, -0.05) is 0 Å². The van der Waals surface area contributed by atoms with Gasteiger partial charge in [-0.2, -0.15) is 13.1 Å². The maximum absolute atomic E-state index is 13.4. The highest BCUT2D eigenvalue weighted by atomic mass is 32.2. The molecule has 0 saturated heterocycles. The van der Waals surface area contributed by atoms with E-state index in [0.29, 0.717) is 32.1 Å². The van der Waals surface area contributed by atoms with Crippen molar-refractivity contribution in [1.29, 1.82) is 0 Å². The predicted molar refractivity (Wildman–Crippen MR) is 69.2 cm³/mol. The van der Waals surface area contributed by atoms with Crippen molar-refractivity contribution in [3.8, 4) is 0 Å². The smallest absolute Gasteiger partial charge is 0.415 e. The van der Waals surface area contributed by atoms with Crippen LogP contribution in [0.15, 0.2) is 0 Å². The summed E-state index contributed by atoms with van der Waals surface area (Å²) >= 11 is -0.739. The highest BCUT2D eigenvalue weighted by Crippen LogP contribution is 2.63. The van der Waals surface area contributed by atoms with E-state index in [4.69, 9.17) is 4.74 Å². The van der Waals surface area contributed by atoms with Crippen LogP contribution in [0.3, 0.4) is 0 Å². The molecule has 0 spiro atoms. The summed E-state index contributed by atoms with van der Waals surface area (Å²) in [4.78, 5) is 11.5. The van der Waals surface area contributed by atoms with Gasteiger partial charge in [0.1, 0.15) is 12.0 Å². The molecule has 4 aliphatic rings. The summed E-state index contributed by atoms with van der Waals surface area (Å²) < 4.78 is 34.9. The number of aliphatic hydroxyl groups is 2. The minimum atomic E-state index is -4.08. The molecule has 2 unspecified atom stereocenters. The zero-order valence-electron chi connectivity index (χ0n) is 12.1. The van der Waals surface area contributed by atoms with E-state index in [1.165, 1.54) is 0 Å². The zero-order chi connectivity index (χ0) is 16.9. The van der Waals surface area contributed by atoms with Gasteiger partial charge in [-0.05, 0) is 38.0 Å². The molecule has 0 amide bonds. The van der Waals surface area contributed by atoms with Crippen LogP contribution in [-0.4, -0.2) is 39.2 Å². The SMILES string of the molecule is O=C(OCC12CC3CC(O)(CC(O)(C3)C1)C2)C(F)(F)SOO[O-]. The molecule has 0 aliphatic heterocycles. The number of esters is 1. The molecule has 4 fully saturated rings. The van der Waals surface area contributed by atoms with Gasteiger partial charge in [0.15, 0.2) is 0 Å². The van der Waals surface area contributed by atoms with Gasteiger partial charge in [-0.3, -0.25) is 5.04 Å². The van der Waals surface area contributed by atoms with E-state index in [9.17, 15) is 29.0 Å². The first kappa shape index (κ1) is 17.3. The molecule has 7 nitrogen and oxygen atoms in total. The largest absolute Gasteiger partial charge is 0.691 e. The van der Waals surface area contributed by atoms with Crippen molar-refractivity contribution in [2.24, 2.45) is 11.3 Å². The molecule has 10 heteroatoms. The molecule has 4 rings (SSSR count). The topological polar surface area (TPSA) is 108 Å². The highest BCUT2D eigenvalue weighted by Gasteiger charge is 2.63. The number of alkyl halides is 2. The standard InChI is InChI=1S/C13H18F2O7S/c14-13(15,23-22-21-19)9(16)20-7-10-1-8-2-11(17,4-10)6-12(18,3-8)5-10/h8,17-19H,1-7H2/p-1. The van der Waals surface area contributed by atoms with Crippen LogP contribution < -0.4 is 5.26 Å². The normalized spacial score (nSPS) is 42.0. The molecule has 0 aromatic carbocycles. The summed E-state index contributed by atoms with van der Waals surface area (Å²) in [7, 11) is 0. The molecule has 4 aliphatic carbocycles. The summed E-state index contributed by atoms with van der Waals surface area (Å²) in [5.74, 6) is -1.76. The summed E-state index contributed by atoms with van der Waals surface area (Å²) in [5.41, 5.74) is -2.76. The van der Waals surface area contributed by atoms with Gasteiger partial charge < -0.3 is 20.2 Å². The second kappa shape index (κ2) is 5.50. The lowest BCUT2D eigenvalue weighted by molar-refractivity contribution is -0.777. The molecule has 0 aromatic rings. The van der Waals surface area contributed by atoms with Crippen LogP contribution in [0.4, 0.5) is 8.78 Å². The van der Waals surface area contributed by atoms with Crippen molar-refractivity contribution in [3.63, 3.8) is 0 Å². The summed E-state index contributed by atoms with van der Waals surface area (Å²) in [6, 6.07) is 0. The predicted octanol–water partition coefficient (Wildman–Crippen LogP) is 0.440. The molecule has 2 N–H and O–H groups in total. The number of ether oxygens (including phenoxy) is 1. The van der Waals surface area contributed by atoms with Crippen LogP contribution >= 0.6 is 12.0 Å².